The van der Waals surface area contributed by atoms with Crippen LogP contribution in [0.5, 0.6) is 0 Å². The molecule has 0 heterocycles. The van der Waals surface area contributed by atoms with Crippen molar-refractivity contribution < 1.29 is 28.6 Å². The van der Waals surface area contributed by atoms with Crippen LogP contribution in [0.15, 0.2) is 36.5 Å². The largest absolute Gasteiger partial charge is 0.462 e. The third-order valence-corrected chi connectivity index (χ3v) is 12.9. The molecule has 0 N–H and O–H groups in total. The quantitative estimate of drug-likeness (QED) is 0.0199. The third kappa shape index (κ3) is 52.6. The van der Waals surface area contributed by atoms with E-state index in [1.807, 2.05) is 0 Å². The van der Waals surface area contributed by atoms with E-state index >= 15 is 0 Å². The number of hydrogen-bond donors (Lipinski definition) is 0. The second-order valence-electron chi connectivity index (χ2n) is 19.6. The molecule has 0 amide bonds. The van der Waals surface area contributed by atoms with Crippen molar-refractivity contribution >= 4 is 17.9 Å². The monoisotopic (exact) mass is 927 g/mol. The SMILES string of the molecule is CCCCC/C=C\C=C/CCCCCCCCCCCCC(=O)OCC(COC(=O)CCCCCCCCCCCC)OC(=O)CCCCCCCCC/C=C\CCCCCCCCCC. The molecule has 66 heavy (non-hydrogen) atoms. The lowest BCUT2D eigenvalue weighted by Crippen LogP contribution is -2.30. The molecular formula is C60H110O6. The van der Waals surface area contributed by atoms with Gasteiger partial charge in [-0.15, -0.1) is 0 Å². The average Bonchev–Trinajstić information content (AvgIpc) is 3.31. The van der Waals surface area contributed by atoms with Crippen molar-refractivity contribution in [2.75, 3.05) is 13.2 Å². The summed E-state index contributed by atoms with van der Waals surface area (Å²) in [5, 5.41) is 0. The third-order valence-electron chi connectivity index (χ3n) is 12.9. The Bertz CT molecular complexity index is 1110. The Morgan fingerprint density at radius 1 is 0.303 bits per heavy atom. The van der Waals surface area contributed by atoms with Crippen LogP contribution in [0.3, 0.4) is 0 Å². The molecule has 0 saturated carbocycles. The van der Waals surface area contributed by atoms with E-state index in [1.54, 1.807) is 0 Å². The Morgan fingerprint density at radius 3 is 0.879 bits per heavy atom. The van der Waals surface area contributed by atoms with Crippen LogP contribution in [0.2, 0.25) is 0 Å². The molecule has 0 aromatic heterocycles. The van der Waals surface area contributed by atoms with Crippen molar-refractivity contribution in [3.05, 3.63) is 36.5 Å². The summed E-state index contributed by atoms with van der Waals surface area (Å²) < 4.78 is 16.9. The lowest BCUT2D eigenvalue weighted by molar-refractivity contribution is -0.167. The van der Waals surface area contributed by atoms with Gasteiger partial charge in [-0.25, -0.2) is 0 Å². The van der Waals surface area contributed by atoms with Gasteiger partial charge in [-0.2, -0.15) is 0 Å². The molecule has 0 aliphatic carbocycles. The van der Waals surface area contributed by atoms with Gasteiger partial charge in [0.25, 0.3) is 0 Å². The maximum Gasteiger partial charge on any atom is 0.306 e. The summed E-state index contributed by atoms with van der Waals surface area (Å²) in [6.07, 6.45) is 65.6. The highest BCUT2D eigenvalue weighted by Gasteiger charge is 2.19. The van der Waals surface area contributed by atoms with Gasteiger partial charge < -0.3 is 14.2 Å². The number of hydrogen-bond acceptors (Lipinski definition) is 6. The van der Waals surface area contributed by atoms with Gasteiger partial charge >= 0.3 is 17.9 Å². The summed E-state index contributed by atoms with van der Waals surface area (Å²) in [5.74, 6) is -0.865. The summed E-state index contributed by atoms with van der Waals surface area (Å²) in [4.78, 5) is 38.1. The molecule has 0 radical (unpaired) electrons. The van der Waals surface area contributed by atoms with E-state index in [0.29, 0.717) is 19.3 Å². The van der Waals surface area contributed by atoms with Gasteiger partial charge in [0.15, 0.2) is 6.10 Å². The van der Waals surface area contributed by atoms with Crippen LogP contribution < -0.4 is 0 Å². The second kappa shape index (κ2) is 55.2. The Kier molecular flexibility index (Phi) is 53.2. The number of carbonyl (C=O) groups is 3. The molecule has 0 aromatic carbocycles. The number of rotatable bonds is 53. The molecule has 0 saturated heterocycles. The van der Waals surface area contributed by atoms with Crippen molar-refractivity contribution in [2.24, 2.45) is 0 Å². The minimum absolute atomic E-state index is 0.0715. The van der Waals surface area contributed by atoms with Crippen LogP contribution in [0.1, 0.15) is 310 Å². The first kappa shape index (κ1) is 63.6. The molecular weight excluding hydrogens is 817 g/mol. The Labute approximate surface area is 410 Å². The van der Waals surface area contributed by atoms with Crippen molar-refractivity contribution in [1.29, 1.82) is 0 Å². The maximum absolute atomic E-state index is 12.8. The van der Waals surface area contributed by atoms with E-state index < -0.39 is 6.10 Å². The fourth-order valence-corrected chi connectivity index (χ4v) is 8.49. The lowest BCUT2D eigenvalue weighted by Gasteiger charge is -2.18. The zero-order valence-corrected chi connectivity index (χ0v) is 44.2. The van der Waals surface area contributed by atoms with E-state index in [-0.39, 0.29) is 31.1 Å². The molecule has 0 aliphatic rings. The molecule has 386 valence electrons. The standard InChI is InChI=1S/C60H110O6/c1-4-7-10-13-16-19-22-24-26-28-30-32-34-36-38-41-44-47-50-53-59(62)65-56-57(55-64-58(61)52-49-46-43-40-21-18-15-12-9-6-3)66-60(63)54-51-48-45-42-39-37-35-33-31-29-27-25-23-20-17-14-11-8-5-2/h16,19,22,24,29,31,57H,4-15,17-18,20-21,23,25-28,30,32-56H2,1-3H3/b19-16-,24-22-,31-29-. The zero-order chi connectivity index (χ0) is 47.9. The molecule has 0 rings (SSSR count). The number of allylic oxidation sites excluding steroid dienone is 6. The van der Waals surface area contributed by atoms with E-state index in [0.717, 1.165) is 57.8 Å². The van der Waals surface area contributed by atoms with E-state index in [9.17, 15) is 14.4 Å². The molecule has 0 spiro atoms. The van der Waals surface area contributed by atoms with E-state index in [4.69, 9.17) is 14.2 Å². The molecule has 0 bridgehead atoms. The molecule has 6 nitrogen and oxygen atoms in total. The van der Waals surface area contributed by atoms with Gasteiger partial charge in [0.2, 0.25) is 0 Å². The highest BCUT2D eigenvalue weighted by atomic mass is 16.6. The molecule has 1 unspecified atom stereocenters. The van der Waals surface area contributed by atoms with Crippen molar-refractivity contribution in [1.82, 2.24) is 0 Å². The summed E-state index contributed by atoms with van der Waals surface area (Å²) in [6, 6.07) is 0. The lowest BCUT2D eigenvalue weighted by atomic mass is 10.1. The summed E-state index contributed by atoms with van der Waals surface area (Å²) in [5.41, 5.74) is 0. The first-order chi connectivity index (χ1) is 32.5. The highest BCUT2D eigenvalue weighted by Crippen LogP contribution is 2.16. The first-order valence-corrected chi connectivity index (χ1v) is 29.0. The molecule has 0 aliphatic heterocycles. The normalized spacial score (nSPS) is 12.2. The zero-order valence-electron chi connectivity index (χ0n) is 44.2. The van der Waals surface area contributed by atoms with Crippen LogP contribution in [0.4, 0.5) is 0 Å². The Balaban J connectivity index is 4.28. The molecule has 6 heteroatoms. The van der Waals surface area contributed by atoms with Crippen molar-refractivity contribution in [2.45, 2.75) is 316 Å². The van der Waals surface area contributed by atoms with Crippen LogP contribution in [0.25, 0.3) is 0 Å². The summed E-state index contributed by atoms with van der Waals surface area (Å²) >= 11 is 0. The van der Waals surface area contributed by atoms with Crippen molar-refractivity contribution in [3.8, 4) is 0 Å². The van der Waals surface area contributed by atoms with E-state index in [2.05, 4.69) is 57.2 Å². The van der Waals surface area contributed by atoms with Crippen molar-refractivity contribution in [3.63, 3.8) is 0 Å². The topological polar surface area (TPSA) is 78.9 Å². The highest BCUT2D eigenvalue weighted by molar-refractivity contribution is 5.71. The van der Waals surface area contributed by atoms with Gasteiger partial charge in [0.05, 0.1) is 0 Å². The van der Waals surface area contributed by atoms with Crippen LogP contribution in [0, 0.1) is 0 Å². The van der Waals surface area contributed by atoms with Gasteiger partial charge in [0, 0.05) is 19.3 Å². The maximum atomic E-state index is 12.8. The molecule has 0 fully saturated rings. The first-order valence-electron chi connectivity index (χ1n) is 29.0. The fraction of sp³-hybridized carbons (Fsp3) is 0.850. The second-order valence-corrected chi connectivity index (χ2v) is 19.6. The Morgan fingerprint density at radius 2 is 0.545 bits per heavy atom. The van der Waals surface area contributed by atoms with E-state index in [1.165, 1.54) is 212 Å². The summed E-state index contributed by atoms with van der Waals surface area (Å²) in [7, 11) is 0. The predicted octanol–water partition coefficient (Wildman–Crippen LogP) is 19.3. The van der Waals surface area contributed by atoms with Crippen LogP contribution >= 0.6 is 0 Å². The minimum atomic E-state index is -0.772. The molecule has 1 atom stereocenters. The number of unbranched alkanes of at least 4 members (excludes halogenated alkanes) is 37. The average molecular weight is 928 g/mol. The van der Waals surface area contributed by atoms with Gasteiger partial charge in [-0.3, -0.25) is 14.4 Å². The summed E-state index contributed by atoms with van der Waals surface area (Å²) in [6.45, 7) is 6.63. The minimum Gasteiger partial charge on any atom is -0.462 e. The van der Waals surface area contributed by atoms with Gasteiger partial charge in [-0.05, 0) is 70.6 Å². The fourth-order valence-electron chi connectivity index (χ4n) is 8.49. The number of carbonyl (C=O) groups excluding carboxylic acids is 3. The number of esters is 3. The van der Waals surface area contributed by atoms with Gasteiger partial charge in [-0.1, -0.05) is 256 Å². The Hall–Kier alpha value is -2.37. The van der Waals surface area contributed by atoms with Crippen LogP contribution in [-0.4, -0.2) is 37.2 Å². The van der Waals surface area contributed by atoms with Crippen LogP contribution in [-0.2, 0) is 28.6 Å². The number of ether oxygens (including phenoxy) is 3. The molecule has 0 aromatic rings. The predicted molar refractivity (Wildman–Crippen MR) is 284 cm³/mol. The van der Waals surface area contributed by atoms with Gasteiger partial charge in [0.1, 0.15) is 13.2 Å². The smallest absolute Gasteiger partial charge is 0.306 e.